The summed E-state index contributed by atoms with van der Waals surface area (Å²) < 4.78 is 91.4. The molecule has 16 heteroatoms. The van der Waals surface area contributed by atoms with Gasteiger partial charge in [-0.2, -0.15) is 5.10 Å². The lowest BCUT2D eigenvalue weighted by Gasteiger charge is -2.14. The molecule has 0 atom stereocenters. The molecule has 0 saturated carbocycles. The molecule has 0 bridgehead atoms. The van der Waals surface area contributed by atoms with E-state index in [4.69, 9.17) is 10.5 Å². The van der Waals surface area contributed by atoms with Crippen LogP contribution in [0.5, 0.6) is 5.88 Å². The number of fused-ring (bicyclic) bond motifs is 1. The Hall–Kier alpha value is -4.73. The molecule has 0 unspecified atom stereocenters. The fourth-order valence-electron chi connectivity index (χ4n) is 3.50. The third-order valence-electron chi connectivity index (χ3n) is 5.19. The number of carbonyl (C=O) groups is 2. The number of aromatic nitrogens is 3. The molecule has 4 rings (SSSR count). The van der Waals surface area contributed by atoms with Gasteiger partial charge in [-0.25, -0.2) is 31.0 Å². The van der Waals surface area contributed by atoms with Gasteiger partial charge in [0.15, 0.2) is 16.5 Å². The van der Waals surface area contributed by atoms with Crippen molar-refractivity contribution in [1.82, 2.24) is 20.5 Å². The molecule has 38 heavy (non-hydrogen) atoms. The molecule has 0 saturated heterocycles. The number of sulfonamides is 1. The topological polar surface area (TPSA) is 169 Å². The van der Waals surface area contributed by atoms with Crippen molar-refractivity contribution >= 4 is 38.4 Å². The number of rotatable bonds is 8. The predicted molar refractivity (Wildman–Crippen MR) is 124 cm³/mol. The molecular formula is C22H16F4N6O5S. The molecule has 0 aliphatic rings. The fraction of sp³-hybridized carbons (Fsp3) is 0.0909. The van der Waals surface area contributed by atoms with E-state index in [1.165, 1.54) is 0 Å². The molecule has 2 heterocycles. The summed E-state index contributed by atoms with van der Waals surface area (Å²) in [7, 11) is -3.62. The first-order valence-corrected chi connectivity index (χ1v) is 11.9. The second-order valence-corrected chi connectivity index (χ2v) is 9.27. The minimum Gasteiger partial charge on any atom is -0.480 e. The highest BCUT2D eigenvalue weighted by atomic mass is 32.2. The number of aromatic amines is 1. The average molecular weight is 552 g/mol. The fourth-order valence-corrected chi connectivity index (χ4v) is 4.69. The maximum absolute atomic E-state index is 15.4. The van der Waals surface area contributed by atoms with Crippen LogP contribution in [-0.4, -0.2) is 49.1 Å². The van der Waals surface area contributed by atoms with E-state index in [0.29, 0.717) is 18.3 Å². The van der Waals surface area contributed by atoms with Crippen molar-refractivity contribution in [1.29, 1.82) is 0 Å². The normalized spacial score (nSPS) is 11.4. The second-order valence-electron chi connectivity index (χ2n) is 7.62. The number of ether oxygens (including phenoxy) is 1. The number of hydrogen-bond acceptors (Lipinski definition) is 7. The first-order chi connectivity index (χ1) is 17.9. The molecule has 11 nitrogen and oxygen atoms in total. The van der Waals surface area contributed by atoms with Crippen LogP contribution in [-0.2, 0) is 14.8 Å². The van der Waals surface area contributed by atoms with E-state index >= 15 is 8.78 Å². The van der Waals surface area contributed by atoms with Crippen molar-refractivity contribution in [2.75, 3.05) is 18.4 Å². The number of nitrogens with two attached hydrogens (primary N) is 1. The zero-order chi connectivity index (χ0) is 27.8. The van der Waals surface area contributed by atoms with Crippen LogP contribution in [0.4, 0.5) is 23.2 Å². The first kappa shape index (κ1) is 26.3. The molecule has 0 spiro atoms. The van der Waals surface area contributed by atoms with Gasteiger partial charge in [-0.15, -0.1) is 0 Å². The van der Waals surface area contributed by atoms with E-state index in [0.717, 1.165) is 25.3 Å². The SMILES string of the molecule is COc1ncc(F)cc1S(=O)(=O)Nc1ccc(F)c(-c2ccc3c(C(=O)NCC(N)=O)[nH]nc3c2F)c1F. The lowest BCUT2D eigenvalue weighted by Crippen LogP contribution is -2.33. The largest absolute Gasteiger partial charge is 0.480 e. The Kier molecular flexibility index (Phi) is 6.91. The van der Waals surface area contributed by atoms with Crippen molar-refractivity contribution in [2.45, 2.75) is 4.90 Å². The van der Waals surface area contributed by atoms with E-state index in [1.807, 2.05) is 4.72 Å². The van der Waals surface area contributed by atoms with Crippen LogP contribution in [0.15, 0.2) is 41.4 Å². The number of carbonyl (C=O) groups excluding carboxylic acids is 2. The van der Waals surface area contributed by atoms with E-state index in [1.54, 1.807) is 0 Å². The van der Waals surface area contributed by atoms with Gasteiger partial charge in [-0.1, -0.05) is 6.07 Å². The van der Waals surface area contributed by atoms with Crippen molar-refractivity contribution < 1.29 is 40.3 Å². The van der Waals surface area contributed by atoms with Crippen LogP contribution < -0.4 is 20.5 Å². The van der Waals surface area contributed by atoms with Crippen molar-refractivity contribution in [2.24, 2.45) is 5.73 Å². The summed E-state index contributed by atoms with van der Waals surface area (Å²) in [5, 5.41) is 8.06. The first-order valence-electron chi connectivity index (χ1n) is 10.4. The molecule has 198 valence electrons. The number of nitrogens with zero attached hydrogens (tertiary/aromatic N) is 2. The highest BCUT2D eigenvalue weighted by Gasteiger charge is 2.27. The Morgan fingerprint density at radius 1 is 1.11 bits per heavy atom. The lowest BCUT2D eigenvalue weighted by atomic mass is 10.0. The molecule has 4 aromatic rings. The molecule has 0 fully saturated rings. The Labute approximate surface area is 211 Å². The van der Waals surface area contributed by atoms with E-state index in [2.05, 4.69) is 20.5 Å². The van der Waals surface area contributed by atoms with Gasteiger partial charge in [0.2, 0.25) is 11.8 Å². The van der Waals surface area contributed by atoms with Crippen LogP contribution in [0, 0.1) is 23.3 Å². The van der Waals surface area contributed by atoms with E-state index in [9.17, 15) is 26.8 Å². The van der Waals surface area contributed by atoms with Gasteiger partial charge < -0.3 is 15.8 Å². The van der Waals surface area contributed by atoms with Gasteiger partial charge in [0.25, 0.3) is 15.9 Å². The molecule has 0 radical (unpaired) electrons. The minimum absolute atomic E-state index is 0.0726. The zero-order valence-electron chi connectivity index (χ0n) is 19.1. The van der Waals surface area contributed by atoms with Gasteiger partial charge in [0.05, 0.1) is 31.1 Å². The molecule has 0 aliphatic heterocycles. The number of H-pyrrole nitrogens is 1. The predicted octanol–water partition coefficient (Wildman–Crippen LogP) is 2.21. The summed E-state index contributed by atoms with van der Waals surface area (Å²) in [5.41, 5.74) is 1.88. The van der Waals surface area contributed by atoms with Gasteiger partial charge in [-0.3, -0.25) is 19.4 Å². The summed E-state index contributed by atoms with van der Waals surface area (Å²) in [4.78, 5) is 25.8. The molecule has 2 amide bonds. The smallest absolute Gasteiger partial charge is 0.270 e. The minimum atomic E-state index is -4.70. The van der Waals surface area contributed by atoms with Gasteiger partial charge in [0.1, 0.15) is 22.8 Å². The Bertz CT molecular complexity index is 1710. The number of halogens is 4. The van der Waals surface area contributed by atoms with Crippen LogP contribution in [0.2, 0.25) is 0 Å². The van der Waals surface area contributed by atoms with E-state index in [-0.39, 0.29) is 11.1 Å². The number of benzene rings is 2. The molecule has 2 aromatic heterocycles. The second kappa shape index (κ2) is 9.97. The summed E-state index contributed by atoms with van der Waals surface area (Å²) in [6.07, 6.45) is 0.704. The Morgan fingerprint density at radius 2 is 1.84 bits per heavy atom. The van der Waals surface area contributed by atoms with Crippen LogP contribution in [0.3, 0.4) is 0 Å². The number of amides is 2. The average Bonchev–Trinajstić information content (AvgIpc) is 3.30. The quantitative estimate of drug-likeness (QED) is 0.243. The summed E-state index contributed by atoms with van der Waals surface area (Å²) in [5.74, 6) is -7.16. The Morgan fingerprint density at radius 3 is 2.53 bits per heavy atom. The number of nitrogens with one attached hydrogen (secondary N) is 3. The van der Waals surface area contributed by atoms with Crippen molar-refractivity contribution in [3.8, 4) is 17.0 Å². The number of hydrogen-bond donors (Lipinski definition) is 4. The van der Waals surface area contributed by atoms with Crippen molar-refractivity contribution in [3.63, 3.8) is 0 Å². The number of methoxy groups -OCH3 is 1. The zero-order valence-corrected chi connectivity index (χ0v) is 19.9. The Balaban J connectivity index is 1.76. The molecular weight excluding hydrogens is 536 g/mol. The third-order valence-corrected chi connectivity index (χ3v) is 6.55. The highest BCUT2D eigenvalue weighted by Crippen LogP contribution is 2.36. The standard InChI is InChI=1S/C22H16F4N6O5S/c1-37-22-14(6-9(23)7-29-22)38(35,36)32-13-5-4-12(24)16(18(13)26)10-2-3-11-19(17(10)25)30-31-20(11)21(34)28-8-15(27)33/h2-7,32H,8H2,1H3,(H2,27,33)(H,28,34)(H,30,31). The number of pyridine rings is 1. The molecule has 2 aromatic carbocycles. The van der Waals surface area contributed by atoms with Crippen LogP contribution in [0.1, 0.15) is 10.5 Å². The van der Waals surface area contributed by atoms with Gasteiger partial charge >= 0.3 is 0 Å². The number of primary amides is 1. The van der Waals surface area contributed by atoms with Crippen LogP contribution in [0.25, 0.3) is 22.0 Å². The maximum Gasteiger partial charge on any atom is 0.270 e. The molecule has 0 aliphatic carbocycles. The summed E-state index contributed by atoms with van der Waals surface area (Å²) >= 11 is 0. The van der Waals surface area contributed by atoms with Gasteiger partial charge in [-0.05, 0) is 18.2 Å². The van der Waals surface area contributed by atoms with Crippen LogP contribution >= 0.6 is 0 Å². The lowest BCUT2D eigenvalue weighted by molar-refractivity contribution is -0.117. The summed E-state index contributed by atoms with van der Waals surface area (Å²) in [6, 6.07) is 4.12. The van der Waals surface area contributed by atoms with Crippen molar-refractivity contribution in [3.05, 3.63) is 65.5 Å². The highest BCUT2D eigenvalue weighted by molar-refractivity contribution is 7.92. The maximum atomic E-state index is 15.4. The summed E-state index contributed by atoms with van der Waals surface area (Å²) in [6.45, 7) is -0.503. The third kappa shape index (κ3) is 4.80. The molecule has 5 N–H and O–H groups in total. The monoisotopic (exact) mass is 552 g/mol. The number of anilines is 1. The van der Waals surface area contributed by atoms with Gasteiger partial charge in [0, 0.05) is 17.0 Å². The van der Waals surface area contributed by atoms with E-state index < -0.39 is 84.8 Å².